The van der Waals surface area contributed by atoms with Crippen LogP contribution in [0.5, 0.6) is 0 Å². The maximum Gasteiger partial charge on any atom is 0.259 e. The minimum Gasteiger partial charge on any atom is -0.466 e. The summed E-state index contributed by atoms with van der Waals surface area (Å²) in [4.78, 5) is 31.4. The van der Waals surface area contributed by atoms with Gasteiger partial charge >= 0.3 is 0 Å². The summed E-state index contributed by atoms with van der Waals surface area (Å²) in [5.41, 5.74) is 5.29. The van der Waals surface area contributed by atoms with E-state index in [4.69, 9.17) is 8.94 Å². The fraction of sp³-hybridized carbons (Fsp3) is 0.250. The Kier molecular flexibility index (Phi) is 4.58. The predicted molar refractivity (Wildman–Crippen MR) is 120 cm³/mol. The van der Waals surface area contributed by atoms with Crippen molar-refractivity contribution >= 4 is 34.3 Å². The van der Waals surface area contributed by atoms with Crippen molar-refractivity contribution in [3.05, 3.63) is 58.7 Å². The number of carbonyl (C=O) groups is 2. The Bertz CT molecular complexity index is 1400. The zero-order valence-electron chi connectivity index (χ0n) is 18.3. The van der Waals surface area contributed by atoms with E-state index in [1.165, 1.54) is 0 Å². The van der Waals surface area contributed by atoms with Gasteiger partial charge in [0.25, 0.3) is 11.6 Å². The monoisotopic (exact) mass is 430 g/mol. The third-order valence-electron chi connectivity index (χ3n) is 5.79. The second kappa shape index (κ2) is 7.33. The van der Waals surface area contributed by atoms with E-state index in [1.54, 1.807) is 30.9 Å². The molecule has 1 aliphatic heterocycles. The molecule has 2 amide bonds. The summed E-state index contributed by atoms with van der Waals surface area (Å²) >= 11 is 0. The van der Waals surface area contributed by atoms with Gasteiger partial charge in [-0.05, 0) is 63.1 Å². The minimum absolute atomic E-state index is 0.0138. The van der Waals surface area contributed by atoms with Crippen molar-refractivity contribution in [3.63, 3.8) is 0 Å². The Morgan fingerprint density at radius 1 is 1.12 bits per heavy atom. The molecule has 4 heterocycles. The van der Waals surface area contributed by atoms with Gasteiger partial charge in [0.05, 0.1) is 22.3 Å². The van der Waals surface area contributed by atoms with Gasteiger partial charge in [-0.2, -0.15) is 0 Å². The minimum atomic E-state index is -0.288. The molecule has 1 N–H and O–H groups in total. The maximum absolute atomic E-state index is 13.3. The molecule has 0 unspecified atom stereocenters. The summed E-state index contributed by atoms with van der Waals surface area (Å²) < 4.78 is 11.0. The number of carbonyl (C=O) groups excluding carboxylic acids is 2. The predicted octanol–water partition coefficient (Wildman–Crippen LogP) is 4.57. The number of hydrogen-bond donors (Lipinski definition) is 1. The number of aromatic nitrogens is 2. The first-order valence-corrected chi connectivity index (χ1v) is 10.4. The zero-order chi connectivity index (χ0) is 22.6. The third-order valence-corrected chi connectivity index (χ3v) is 5.79. The van der Waals surface area contributed by atoms with Crippen molar-refractivity contribution in [2.45, 2.75) is 34.1 Å². The first kappa shape index (κ1) is 20.0. The van der Waals surface area contributed by atoms with Gasteiger partial charge in [-0.1, -0.05) is 5.16 Å². The van der Waals surface area contributed by atoms with E-state index in [2.05, 4.69) is 15.5 Å². The maximum atomic E-state index is 13.3. The Labute approximate surface area is 184 Å². The SMILES string of the molecule is CC(=O)N1CCc2cc(NC(=O)c3cc(-c4cc(C)oc4C)nc4onc(C)c34)ccc21. The molecular weight excluding hydrogens is 408 g/mol. The molecule has 8 nitrogen and oxygen atoms in total. The highest BCUT2D eigenvalue weighted by molar-refractivity contribution is 6.13. The highest BCUT2D eigenvalue weighted by Crippen LogP contribution is 2.33. The first-order chi connectivity index (χ1) is 15.3. The van der Waals surface area contributed by atoms with E-state index in [0.717, 1.165) is 29.0 Å². The number of nitrogens with zero attached hydrogens (tertiary/aromatic N) is 3. The van der Waals surface area contributed by atoms with Gasteiger partial charge in [-0.25, -0.2) is 4.98 Å². The van der Waals surface area contributed by atoms with Gasteiger partial charge in [0.2, 0.25) is 5.91 Å². The van der Waals surface area contributed by atoms with Crippen molar-refractivity contribution in [1.82, 2.24) is 10.1 Å². The van der Waals surface area contributed by atoms with Gasteiger partial charge in [0.15, 0.2) is 0 Å². The lowest BCUT2D eigenvalue weighted by molar-refractivity contribution is -0.116. The van der Waals surface area contributed by atoms with Crippen LogP contribution in [0.15, 0.2) is 39.3 Å². The van der Waals surface area contributed by atoms with Crippen LogP contribution in [0.3, 0.4) is 0 Å². The normalized spacial score (nSPS) is 12.9. The molecule has 5 rings (SSSR count). The average Bonchev–Trinajstić information content (AvgIpc) is 3.43. The van der Waals surface area contributed by atoms with Crippen LogP contribution < -0.4 is 10.2 Å². The Balaban J connectivity index is 1.53. The Morgan fingerprint density at radius 3 is 2.66 bits per heavy atom. The molecule has 0 atom stereocenters. The number of anilines is 2. The first-order valence-electron chi connectivity index (χ1n) is 10.4. The summed E-state index contributed by atoms with van der Waals surface area (Å²) in [6.45, 7) is 7.71. The summed E-state index contributed by atoms with van der Waals surface area (Å²) in [5.74, 6) is 1.20. The van der Waals surface area contributed by atoms with E-state index in [-0.39, 0.29) is 11.8 Å². The van der Waals surface area contributed by atoms with E-state index in [1.807, 2.05) is 32.0 Å². The third kappa shape index (κ3) is 3.24. The second-order valence-electron chi connectivity index (χ2n) is 8.05. The molecule has 0 saturated heterocycles. The molecule has 0 spiro atoms. The van der Waals surface area contributed by atoms with Crippen molar-refractivity contribution < 1.29 is 18.5 Å². The summed E-state index contributed by atoms with van der Waals surface area (Å²) in [6, 6.07) is 9.22. The van der Waals surface area contributed by atoms with Crippen LogP contribution in [0.4, 0.5) is 11.4 Å². The quantitative estimate of drug-likeness (QED) is 0.511. The topological polar surface area (TPSA) is 101 Å². The molecule has 3 aromatic heterocycles. The largest absolute Gasteiger partial charge is 0.466 e. The summed E-state index contributed by atoms with van der Waals surface area (Å²) in [6.07, 6.45) is 0.756. The number of furan rings is 1. The number of nitrogens with one attached hydrogen (secondary N) is 1. The van der Waals surface area contributed by atoms with Gasteiger partial charge in [-0.15, -0.1) is 0 Å². The van der Waals surface area contributed by atoms with E-state index in [0.29, 0.717) is 46.0 Å². The molecule has 0 aliphatic carbocycles. The lowest BCUT2D eigenvalue weighted by atomic mass is 10.0. The standard InChI is InChI=1S/C24H22N4O4/c1-12-9-18(14(3)31-12)20-11-19(22-13(2)27-32-24(22)26-20)23(30)25-17-5-6-21-16(10-17)7-8-28(21)15(4)29/h5-6,9-11H,7-8H2,1-4H3,(H,25,30). The second-order valence-corrected chi connectivity index (χ2v) is 8.05. The fourth-order valence-corrected chi connectivity index (χ4v) is 4.30. The number of aryl methyl sites for hydroxylation is 3. The molecule has 32 heavy (non-hydrogen) atoms. The van der Waals surface area contributed by atoms with E-state index >= 15 is 0 Å². The van der Waals surface area contributed by atoms with Crippen molar-refractivity contribution in [2.75, 3.05) is 16.8 Å². The lowest BCUT2D eigenvalue weighted by Crippen LogP contribution is -2.25. The van der Waals surface area contributed by atoms with Crippen LogP contribution in [-0.2, 0) is 11.2 Å². The van der Waals surface area contributed by atoms with Crippen LogP contribution in [0.25, 0.3) is 22.4 Å². The number of amides is 2. The van der Waals surface area contributed by atoms with Crippen LogP contribution >= 0.6 is 0 Å². The zero-order valence-corrected chi connectivity index (χ0v) is 18.3. The van der Waals surface area contributed by atoms with Crippen LogP contribution in [0.2, 0.25) is 0 Å². The van der Waals surface area contributed by atoms with Crippen LogP contribution in [0.1, 0.15) is 40.1 Å². The lowest BCUT2D eigenvalue weighted by Gasteiger charge is -2.15. The highest BCUT2D eigenvalue weighted by Gasteiger charge is 2.24. The van der Waals surface area contributed by atoms with E-state index in [9.17, 15) is 9.59 Å². The van der Waals surface area contributed by atoms with Crippen molar-refractivity contribution in [3.8, 4) is 11.3 Å². The summed E-state index contributed by atoms with van der Waals surface area (Å²) in [5, 5.41) is 7.56. The number of rotatable bonds is 3. The number of pyridine rings is 1. The summed E-state index contributed by atoms with van der Waals surface area (Å²) in [7, 11) is 0. The Morgan fingerprint density at radius 2 is 1.94 bits per heavy atom. The van der Waals surface area contributed by atoms with Crippen molar-refractivity contribution in [2.24, 2.45) is 0 Å². The molecule has 8 heteroatoms. The molecule has 0 saturated carbocycles. The molecule has 1 aliphatic rings. The highest BCUT2D eigenvalue weighted by atomic mass is 16.5. The average molecular weight is 430 g/mol. The molecule has 4 aromatic rings. The number of benzene rings is 1. The Hall–Kier alpha value is -3.94. The fourth-order valence-electron chi connectivity index (χ4n) is 4.30. The molecule has 0 fully saturated rings. The molecule has 0 bridgehead atoms. The number of hydrogen-bond acceptors (Lipinski definition) is 6. The van der Waals surface area contributed by atoms with Crippen LogP contribution in [0, 0.1) is 20.8 Å². The van der Waals surface area contributed by atoms with Gasteiger partial charge in [0.1, 0.15) is 11.5 Å². The van der Waals surface area contributed by atoms with Gasteiger partial charge < -0.3 is 19.2 Å². The molecular formula is C24H22N4O4. The van der Waals surface area contributed by atoms with E-state index < -0.39 is 0 Å². The smallest absolute Gasteiger partial charge is 0.259 e. The number of fused-ring (bicyclic) bond motifs is 2. The molecule has 1 aromatic carbocycles. The van der Waals surface area contributed by atoms with Gasteiger partial charge in [-0.3, -0.25) is 9.59 Å². The van der Waals surface area contributed by atoms with Gasteiger partial charge in [0, 0.05) is 30.4 Å². The molecule has 0 radical (unpaired) electrons. The van der Waals surface area contributed by atoms with Crippen molar-refractivity contribution in [1.29, 1.82) is 0 Å². The molecule has 162 valence electrons. The van der Waals surface area contributed by atoms with Crippen LogP contribution in [-0.4, -0.2) is 28.5 Å².